The van der Waals surface area contributed by atoms with E-state index in [1.165, 1.54) is 55.5 Å². The first-order valence-corrected chi connectivity index (χ1v) is 8.13. The lowest BCUT2D eigenvalue weighted by Gasteiger charge is -2.25. The van der Waals surface area contributed by atoms with Gasteiger partial charge in [0, 0.05) is 18.6 Å². The van der Waals surface area contributed by atoms with Crippen molar-refractivity contribution in [3.63, 3.8) is 0 Å². The molecule has 112 valence electrons. The molecule has 2 rings (SSSR count). The van der Waals surface area contributed by atoms with Gasteiger partial charge < -0.3 is 10.2 Å². The molecule has 1 aliphatic rings. The lowest BCUT2D eigenvalue weighted by molar-refractivity contribution is 0.249. The minimum atomic E-state index is 0.478. The van der Waals surface area contributed by atoms with Crippen molar-refractivity contribution in [3.05, 3.63) is 34.9 Å². The molecule has 2 nitrogen and oxygen atoms in total. The number of aryl methyl sites for hydroxylation is 2. The summed E-state index contributed by atoms with van der Waals surface area (Å²) in [6.07, 6.45) is 5.29. The van der Waals surface area contributed by atoms with E-state index in [-0.39, 0.29) is 0 Å². The molecule has 0 saturated heterocycles. The SMILES string of the molecule is CCCN(CCC(NC)c1cc(C)cc(C)c1)C1CC1. The van der Waals surface area contributed by atoms with E-state index >= 15 is 0 Å². The molecule has 0 amide bonds. The Morgan fingerprint density at radius 2 is 1.80 bits per heavy atom. The molecule has 1 saturated carbocycles. The fraction of sp³-hybridized carbons (Fsp3) is 0.667. The molecule has 1 fully saturated rings. The molecule has 0 aliphatic heterocycles. The number of hydrogen-bond acceptors (Lipinski definition) is 2. The molecule has 2 heteroatoms. The molecule has 1 aromatic carbocycles. The zero-order valence-corrected chi connectivity index (χ0v) is 13.6. The highest BCUT2D eigenvalue weighted by Gasteiger charge is 2.28. The van der Waals surface area contributed by atoms with Crippen molar-refractivity contribution < 1.29 is 0 Å². The van der Waals surface area contributed by atoms with Gasteiger partial charge in [0.25, 0.3) is 0 Å². The quantitative estimate of drug-likeness (QED) is 0.775. The van der Waals surface area contributed by atoms with Crippen molar-refractivity contribution in [2.75, 3.05) is 20.1 Å². The van der Waals surface area contributed by atoms with Gasteiger partial charge in [0.1, 0.15) is 0 Å². The summed E-state index contributed by atoms with van der Waals surface area (Å²) in [6, 6.07) is 8.27. The number of hydrogen-bond donors (Lipinski definition) is 1. The van der Waals surface area contributed by atoms with Gasteiger partial charge in [-0.3, -0.25) is 0 Å². The van der Waals surface area contributed by atoms with Gasteiger partial charge in [-0.15, -0.1) is 0 Å². The Morgan fingerprint density at radius 1 is 1.15 bits per heavy atom. The highest BCUT2D eigenvalue weighted by Crippen LogP contribution is 2.28. The maximum atomic E-state index is 3.50. The van der Waals surface area contributed by atoms with Gasteiger partial charge >= 0.3 is 0 Å². The Kier molecular flexibility index (Phi) is 5.62. The summed E-state index contributed by atoms with van der Waals surface area (Å²) >= 11 is 0. The Bertz CT molecular complexity index is 403. The lowest BCUT2D eigenvalue weighted by atomic mass is 9.99. The summed E-state index contributed by atoms with van der Waals surface area (Å²) in [5.41, 5.74) is 4.18. The second-order valence-corrected chi connectivity index (χ2v) is 6.32. The first kappa shape index (κ1) is 15.5. The van der Waals surface area contributed by atoms with Crippen LogP contribution >= 0.6 is 0 Å². The molecule has 0 spiro atoms. The molecule has 1 unspecified atom stereocenters. The standard InChI is InChI=1S/C18H30N2/c1-5-9-20(17-6-7-17)10-8-18(19-4)16-12-14(2)11-15(3)13-16/h11-13,17-19H,5-10H2,1-4H3. The number of rotatable bonds is 8. The van der Waals surface area contributed by atoms with Crippen LogP contribution in [-0.4, -0.2) is 31.1 Å². The van der Waals surface area contributed by atoms with Crippen molar-refractivity contribution in [1.82, 2.24) is 10.2 Å². The Hall–Kier alpha value is -0.860. The predicted octanol–water partition coefficient (Wildman–Crippen LogP) is 3.83. The van der Waals surface area contributed by atoms with Crippen LogP contribution in [0.15, 0.2) is 18.2 Å². The predicted molar refractivity (Wildman–Crippen MR) is 87.2 cm³/mol. The second kappa shape index (κ2) is 7.24. The van der Waals surface area contributed by atoms with Crippen molar-refractivity contribution >= 4 is 0 Å². The topological polar surface area (TPSA) is 15.3 Å². The average molecular weight is 274 g/mol. The van der Waals surface area contributed by atoms with Crippen LogP contribution in [-0.2, 0) is 0 Å². The van der Waals surface area contributed by atoms with Crippen LogP contribution in [0, 0.1) is 13.8 Å². The van der Waals surface area contributed by atoms with Gasteiger partial charge in [-0.05, 0) is 58.7 Å². The minimum Gasteiger partial charge on any atom is -0.313 e. The third kappa shape index (κ3) is 4.32. The third-order valence-corrected chi connectivity index (χ3v) is 4.27. The van der Waals surface area contributed by atoms with Crippen molar-refractivity contribution in [2.24, 2.45) is 0 Å². The van der Waals surface area contributed by atoms with E-state index in [0.717, 1.165) is 6.04 Å². The summed E-state index contributed by atoms with van der Waals surface area (Å²) in [7, 11) is 2.09. The van der Waals surface area contributed by atoms with Crippen LogP contribution in [0.25, 0.3) is 0 Å². The normalized spacial score (nSPS) is 16.6. The molecule has 1 atom stereocenters. The van der Waals surface area contributed by atoms with E-state index in [2.05, 4.69) is 56.2 Å². The van der Waals surface area contributed by atoms with Gasteiger partial charge in [-0.1, -0.05) is 36.2 Å². The molecule has 1 aliphatic carbocycles. The highest BCUT2D eigenvalue weighted by atomic mass is 15.2. The molecular formula is C18H30N2. The second-order valence-electron chi connectivity index (χ2n) is 6.32. The van der Waals surface area contributed by atoms with E-state index in [9.17, 15) is 0 Å². The molecule has 1 N–H and O–H groups in total. The van der Waals surface area contributed by atoms with Crippen LogP contribution in [0.5, 0.6) is 0 Å². The summed E-state index contributed by atoms with van der Waals surface area (Å²) in [4.78, 5) is 2.69. The molecule has 1 aromatic rings. The molecule has 0 bridgehead atoms. The molecule has 0 aromatic heterocycles. The van der Waals surface area contributed by atoms with Crippen LogP contribution in [0.2, 0.25) is 0 Å². The zero-order valence-electron chi connectivity index (χ0n) is 13.6. The van der Waals surface area contributed by atoms with E-state index in [1.807, 2.05) is 0 Å². The maximum absolute atomic E-state index is 3.50. The Labute approximate surface area is 124 Å². The van der Waals surface area contributed by atoms with Gasteiger partial charge in [0.2, 0.25) is 0 Å². The van der Waals surface area contributed by atoms with Crippen LogP contribution in [0.3, 0.4) is 0 Å². The monoisotopic (exact) mass is 274 g/mol. The Balaban J connectivity index is 1.97. The van der Waals surface area contributed by atoms with Gasteiger partial charge in [0.15, 0.2) is 0 Å². The largest absolute Gasteiger partial charge is 0.313 e. The lowest BCUT2D eigenvalue weighted by Crippen LogP contribution is -2.31. The Morgan fingerprint density at radius 3 is 2.30 bits per heavy atom. The molecule has 0 radical (unpaired) electrons. The summed E-state index contributed by atoms with van der Waals surface area (Å²) in [6.45, 7) is 9.15. The first-order chi connectivity index (χ1) is 9.63. The van der Waals surface area contributed by atoms with Crippen molar-refractivity contribution in [2.45, 2.75) is 58.5 Å². The van der Waals surface area contributed by atoms with E-state index in [4.69, 9.17) is 0 Å². The summed E-state index contributed by atoms with van der Waals surface area (Å²) in [5.74, 6) is 0. The van der Waals surface area contributed by atoms with E-state index in [0.29, 0.717) is 6.04 Å². The smallest absolute Gasteiger partial charge is 0.0329 e. The summed E-state index contributed by atoms with van der Waals surface area (Å²) < 4.78 is 0. The van der Waals surface area contributed by atoms with Crippen LogP contribution in [0.1, 0.15) is 55.3 Å². The van der Waals surface area contributed by atoms with Crippen LogP contribution in [0.4, 0.5) is 0 Å². The zero-order chi connectivity index (χ0) is 14.5. The first-order valence-electron chi connectivity index (χ1n) is 8.13. The van der Waals surface area contributed by atoms with Gasteiger partial charge in [-0.2, -0.15) is 0 Å². The third-order valence-electron chi connectivity index (χ3n) is 4.27. The number of nitrogens with one attached hydrogen (secondary N) is 1. The summed E-state index contributed by atoms with van der Waals surface area (Å²) in [5, 5.41) is 3.50. The van der Waals surface area contributed by atoms with E-state index < -0.39 is 0 Å². The van der Waals surface area contributed by atoms with Crippen molar-refractivity contribution in [1.29, 1.82) is 0 Å². The van der Waals surface area contributed by atoms with E-state index in [1.54, 1.807) is 0 Å². The van der Waals surface area contributed by atoms with Crippen LogP contribution < -0.4 is 5.32 Å². The van der Waals surface area contributed by atoms with Gasteiger partial charge in [-0.25, -0.2) is 0 Å². The maximum Gasteiger partial charge on any atom is 0.0329 e. The highest BCUT2D eigenvalue weighted by molar-refractivity contribution is 5.30. The average Bonchev–Trinajstić information content (AvgIpc) is 3.21. The minimum absolute atomic E-state index is 0.478. The number of nitrogens with zero attached hydrogens (tertiary/aromatic N) is 1. The fourth-order valence-electron chi connectivity index (χ4n) is 3.19. The molecular weight excluding hydrogens is 244 g/mol. The number of benzene rings is 1. The van der Waals surface area contributed by atoms with Crippen molar-refractivity contribution in [3.8, 4) is 0 Å². The van der Waals surface area contributed by atoms with Gasteiger partial charge in [0.05, 0.1) is 0 Å². The fourth-order valence-corrected chi connectivity index (χ4v) is 3.19. The molecule has 20 heavy (non-hydrogen) atoms. The molecule has 0 heterocycles.